The molecule has 0 aliphatic carbocycles. The Bertz CT molecular complexity index is 947. The van der Waals surface area contributed by atoms with Gasteiger partial charge in [-0.1, -0.05) is 107 Å². The SMILES string of the molecule is Brc1ccc(/N=N/C(c2ccccc2)(c2ccccc2)c2ccccc2)cc1. The van der Waals surface area contributed by atoms with Crippen molar-refractivity contribution in [3.05, 3.63) is 136 Å². The molecule has 4 aromatic rings. The molecule has 0 radical (unpaired) electrons. The molecule has 0 saturated carbocycles. The first-order valence-corrected chi connectivity index (χ1v) is 9.93. The summed E-state index contributed by atoms with van der Waals surface area (Å²) in [6.45, 7) is 0. The van der Waals surface area contributed by atoms with Gasteiger partial charge in [0.25, 0.3) is 0 Å². The molecule has 4 rings (SSSR count). The lowest BCUT2D eigenvalue weighted by molar-refractivity contribution is 0.618. The monoisotopic (exact) mass is 426 g/mol. The maximum absolute atomic E-state index is 4.98. The van der Waals surface area contributed by atoms with Crippen LogP contribution in [0.4, 0.5) is 5.69 Å². The zero-order valence-electron chi connectivity index (χ0n) is 15.2. The Morgan fingerprint density at radius 2 is 0.893 bits per heavy atom. The Morgan fingerprint density at radius 3 is 1.29 bits per heavy atom. The van der Waals surface area contributed by atoms with Crippen molar-refractivity contribution in [1.29, 1.82) is 0 Å². The number of nitrogens with zero attached hydrogens (tertiary/aromatic N) is 2. The van der Waals surface area contributed by atoms with E-state index >= 15 is 0 Å². The molecule has 0 heterocycles. The molecule has 0 N–H and O–H groups in total. The van der Waals surface area contributed by atoms with Crippen LogP contribution in [0.5, 0.6) is 0 Å². The predicted octanol–water partition coefficient (Wildman–Crippen LogP) is 7.52. The van der Waals surface area contributed by atoms with Crippen LogP contribution in [0.3, 0.4) is 0 Å². The number of benzene rings is 4. The van der Waals surface area contributed by atoms with Crippen molar-refractivity contribution in [3.63, 3.8) is 0 Å². The van der Waals surface area contributed by atoms with E-state index in [2.05, 4.69) is 57.4 Å². The van der Waals surface area contributed by atoms with Gasteiger partial charge >= 0.3 is 0 Å². The minimum absolute atomic E-state index is 0.725. The summed E-state index contributed by atoms with van der Waals surface area (Å²) in [6, 6.07) is 38.9. The Hall–Kier alpha value is -3.04. The van der Waals surface area contributed by atoms with Gasteiger partial charge in [0.15, 0.2) is 5.54 Å². The minimum Gasteiger partial charge on any atom is -0.167 e. The minimum atomic E-state index is -0.725. The van der Waals surface area contributed by atoms with E-state index in [-0.39, 0.29) is 0 Å². The van der Waals surface area contributed by atoms with Crippen molar-refractivity contribution in [1.82, 2.24) is 0 Å². The first-order chi connectivity index (χ1) is 13.8. The van der Waals surface area contributed by atoms with Crippen LogP contribution in [0.25, 0.3) is 0 Å². The zero-order valence-corrected chi connectivity index (χ0v) is 16.8. The second-order valence-corrected chi connectivity index (χ2v) is 7.40. The van der Waals surface area contributed by atoms with E-state index < -0.39 is 5.54 Å². The second kappa shape index (κ2) is 8.32. The third-order valence-electron chi connectivity index (χ3n) is 4.72. The van der Waals surface area contributed by atoms with Crippen molar-refractivity contribution in [2.45, 2.75) is 5.54 Å². The molecule has 2 nitrogen and oxygen atoms in total. The first kappa shape index (κ1) is 18.3. The summed E-state index contributed by atoms with van der Waals surface area (Å²) in [6.07, 6.45) is 0. The maximum Gasteiger partial charge on any atom is 0.157 e. The third kappa shape index (κ3) is 3.67. The van der Waals surface area contributed by atoms with Crippen molar-refractivity contribution >= 4 is 21.6 Å². The van der Waals surface area contributed by atoms with Crippen LogP contribution >= 0.6 is 15.9 Å². The van der Waals surface area contributed by atoms with Gasteiger partial charge in [-0.2, -0.15) is 10.2 Å². The second-order valence-electron chi connectivity index (χ2n) is 6.48. The molecule has 4 aromatic carbocycles. The molecular weight excluding hydrogens is 408 g/mol. The molecule has 0 aliphatic heterocycles. The first-order valence-electron chi connectivity index (χ1n) is 9.14. The van der Waals surface area contributed by atoms with Gasteiger partial charge < -0.3 is 0 Å². The summed E-state index contributed by atoms with van der Waals surface area (Å²) in [5, 5.41) is 9.63. The highest BCUT2D eigenvalue weighted by molar-refractivity contribution is 9.10. The Morgan fingerprint density at radius 1 is 0.500 bits per heavy atom. The number of rotatable bonds is 5. The fraction of sp³-hybridized carbons (Fsp3) is 0.0400. The van der Waals surface area contributed by atoms with E-state index in [0.717, 1.165) is 26.9 Å². The Balaban J connectivity index is 1.97. The highest BCUT2D eigenvalue weighted by atomic mass is 79.9. The van der Waals surface area contributed by atoms with Crippen molar-refractivity contribution in [2.24, 2.45) is 10.2 Å². The maximum atomic E-state index is 4.98. The molecule has 0 aliphatic rings. The molecule has 0 unspecified atom stereocenters. The third-order valence-corrected chi connectivity index (χ3v) is 5.25. The fourth-order valence-electron chi connectivity index (χ4n) is 3.35. The molecule has 0 saturated heterocycles. The van der Waals surface area contributed by atoms with Gasteiger partial charge in [0.05, 0.1) is 5.69 Å². The number of halogens is 1. The number of hydrogen-bond donors (Lipinski definition) is 0. The van der Waals surface area contributed by atoms with Crippen molar-refractivity contribution in [3.8, 4) is 0 Å². The van der Waals surface area contributed by atoms with Gasteiger partial charge in [0.1, 0.15) is 0 Å². The quantitative estimate of drug-likeness (QED) is 0.232. The molecule has 0 atom stereocenters. The van der Waals surface area contributed by atoms with Gasteiger partial charge in [0, 0.05) is 4.47 Å². The van der Waals surface area contributed by atoms with Gasteiger partial charge in [-0.25, -0.2) is 0 Å². The molecule has 28 heavy (non-hydrogen) atoms. The summed E-state index contributed by atoms with van der Waals surface area (Å²) < 4.78 is 1.02. The lowest BCUT2D eigenvalue weighted by Gasteiger charge is -2.30. The standard InChI is InChI=1S/C25H19BrN2/c26-23-16-18-24(19-17-23)27-28-25(20-10-4-1-5-11-20,21-12-6-2-7-13-21)22-14-8-3-9-15-22/h1-19H/b28-27+. The molecule has 0 bridgehead atoms. The Kier molecular flexibility index (Phi) is 5.45. The topological polar surface area (TPSA) is 24.7 Å². The van der Waals surface area contributed by atoms with E-state index in [1.807, 2.05) is 78.9 Å². The molecule has 3 heteroatoms. The number of azo groups is 1. The molecule has 0 aromatic heterocycles. The summed E-state index contributed by atoms with van der Waals surface area (Å²) >= 11 is 3.47. The van der Waals surface area contributed by atoms with Crippen LogP contribution in [0.2, 0.25) is 0 Å². The van der Waals surface area contributed by atoms with E-state index in [9.17, 15) is 0 Å². The normalized spacial score (nSPS) is 11.6. The van der Waals surface area contributed by atoms with E-state index in [1.165, 1.54) is 0 Å². The average molecular weight is 427 g/mol. The molecular formula is C25H19BrN2. The summed E-state index contributed by atoms with van der Waals surface area (Å²) in [5.74, 6) is 0. The van der Waals surface area contributed by atoms with Gasteiger partial charge in [0.2, 0.25) is 0 Å². The van der Waals surface area contributed by atoms with Crippen LogP contribution in [-0.2, 0) is 5.54 Å². The summed E-state index contributed by atoms with van der Waals surface area (Å²) in [4.78, 5) is 0. The average Bonchev–Trinajstić information content (AvgIpc) is 2.78. The van der Waals surface area contributed by atoms with Crippen molar-refractivity contribution in [2.75, 3.05) is 0 Å². The van der Waals surface area contributed by atoms with Gasteiger partial charge in [-0.15, -0.1) is 0 Å². The van der Waals surface area contributed by atoms with E-state index in [4.69, 9.17) is 5.11 Å². The predicted molar refractivity (Wildman–Crippen MR) is 118 cm³/mol. The smallest absolute Gasteiger partial charge is 0.157 e. The largest absolute Gasteiger partial charge is 0.167 e. The van der Waals surface area contributed by atoms with Crippen LogP contribution in [0, 0.1) is 0 Å². The molecule has 0 fully saturated rings. The molecule has 0 spiro atoms. The van der Waals surface area contributed by atoms with Gasteiger partial charge in [-0.05, 0) is 41.0 Å². The van der Waals surface area contributed by atoms with Crippen LogP contribution in [-0.4, -0.2) is 0 Å². The summed E-state index contributed by atoms with van der Waals surface area (Å²) in [7, 11) is 0. The zero-order chi connectivity index (χ0) is 19.2. The van der Waals surface area contributed by atoms with Crippen LogP contribution in [0.15, 0.2) is 130 Å². The lowest BCUT2D eigenvalue weighted by Crippen LogP contribution is -2.26. The molecule has 0 amide bonds. The molecule has 136 valence electrons. The summed E-state index contributed by atoms with van der Waals surface area (Å²) in [5.41, 5.74) is 3.32. The van der Waals surface area contributed by atoms with E-state index in [0.29, 0.717) is 0 Å². The lowest BCUT2D eigenvalue weighted by atomic mass is 9.78. The van der Waals surface area contributed by atoms with E-state index in [1.54, 1.807) is 0 Å². The van der Waals surface area contributed by atoms with Crippen LogP contribution < -0.4 is 0 Å². The number of hydrogen-bond acceptors (Lipinski definition) is 2. The Labute approximate surface area is 173 Å². The van der Waals surface area contributed by atoms with Crippen LogP contribution in [0.1, 0.15) is 16.7 Å². The van der Waals surface area contributed by atoms with Crippen molar-refractivity contribution < 1.29 is 0 Å². The van der Waals surface area contributed by atoms with Gasteiger partial charge in [-0.3, -0.25) is 0 Å². The highest BCUT2D eigenvalue weighted by Crippen LogP contribution is 2.41. The highest BCUT2D eigenvalue weighted by Gasteiger charge is 2.36. The fourth-order valence-corrected chi connectivity index (χ4v) is 3.62.